The van der Waals surface area contributed by atoms with Crippen LogP contribution in [0.1, 0.15) is 459 Å². The zero-order valence-electron chi connectivity index (χ0n) is 81.8. The maximum atomic E-state index is 12.0. The summed E-state index contributed by atoms with van der Waals surface area (Å²) < 4.78 is 145. The number of hydrogen-bond acceptors (Lipinski definition) is 12. The minimum absolute atomic E-state index is 0. The van der Waals surface area contributed by atoms with E-state index in [2.05, 4.69) is 104 Å². The van der Waals surface area contributed by atoms with Gasteiger partial charge in [0.1, 0.15) is 40.5 Å². The molecule has 129 heavy (non-hydrogen) atoms. The first kappa shape index (κ1) is 117. The molecule has 0 spiro atoms. The molecule has 0 heterocycles. The topological polar surface area (TPSA) is 229 Å². The van der Waals surface area contributed by atoms with E-state index in [1.54, 1.807) is 0 Å². The first-order valence-electron chi connectivity index (χ1n) is 51.9. The van der Waals surface area contributed by atoms with Gasteiger partial charge in [0.15, 0.2) is 0 Å². The number of fused-ring (bicyclic) bond motifs is 4. The summed E-state index contributed by atoms with van der Waals surface area (Å²) in [6.45, 7) is 17.8. The van der Waals surface area contributed by atoms with E-state index in [9.17, 15) is 51.9 Å². The van der Waals surface area contributed by atoms with Crippen molar-refractivity contribution in [3.05, 3.63) is 166 Å². The summed E-state index contributed by atoms with van der Waals surface area (Å²) in [6.07, 6.45) is 74.3. The summed E-state index contributed by atoms with van der Waals surface area (Å²) in [5.74, 6) is 0. The first-order valence-corrected chi connectivity index (χ1v) is 57.6. The molecule has 8 aromatic rings. The van der Waals surface area contributed by atoms with E-state index < -0.39 is 40.5 Å². The molecule has 0 fully saturated rings. The van der Waals surface area contributed by atoms with Crippen molar-refractivity contribution in [2.75, 3.05) is 0 Å². The van der Waals surface area contributed by atoms with Crippen LogP contribution in [0.4, 0.5) is 0 Å². The molecule has 0 aromatic heterocycles. The van der Waals surface area contributed by atoms with E-state index in [-0.39, 0.29) is 46.9 Å². The van der Waals surface area contributed by atoms with Gasteiger partial charge >= 0.3 is 0 Å². The zero-order valence-corrected chi connectivity index (χ0v) is 89.0. The smallest absolute Gasteiger partial charge is 0.124 e. The van der Waals surface area contributed by atoms with Crippen LogP contribution in [0.3, 0.4) is 0 Å². The second-order valence-electron chi connectivity index (χ2n) is 37.0. The Morgan fingerprint density at radius 1 is 0.171 bits per heavy atom. The van der Waals surface area contributed by atoms with Crippen LogP contribution in [0.5, 0.6) is 0 Å². The molecule has 17 heteroatoms. The SMILES string of the molecule is CCCCCCCCCc1cccc2ccc(S(=O)(=O)[O-])c(CCCCCCCCC)c12.CCCCCCCCCc1cccc2ccc(S(=O)(=O)[O-])c(CCCCCCCCC)c12.CCCCCCCCCc1cccc2ccc(S(=O)(=O)[O-])c(CCCCCCCCC)c12.CCCCCCCCCc1cccc2ccc(S(=O)(=O)[O-])c(CCCCCCCCC)c12.[Pb]. The zero-order chi connectivity index (χ0) is 92.9. The van der Waals surface area contributed by atoms with Crippen LogP contribution in [0.2, 0.25) is 0 Å². The Labute approximate surface area is 807 Å². The maximum Gasteiger partial charge on any atom is 0.124 e. The quantitative estimate of drug-likeness (QED) is 0.0197. The van der Waals surface area contributed by atoms with Crippen LogP contribution in [-0.2, 0) is 91.8 Å². The van der Waals surface area contributed by atoms with Gasteiger partial charge in [-0.25, -0.2) is 33.7 Å². The van der Waals surface area contributed by atoms with Gasteiger partial charge in [-0.15, -0.1) is 0 Å². The summed E-state index contributed by atoms with van der Waals surface area (Å²) in [5.41, 5.74) is 7.79. The van der Waals surface area contributed by atoms with Gasteiger partial charge in [-0.3, -0.25) is 0 Å². The van der Waals surface area contributed by atoms with E-state index in [4.69, 9.17) is 0 Å². The molecule has 0 bridgehead atoms. The predicted molar refractivity (Wildman–Crippen MR) is 547 cm³/mol. The van der Waals surface area contributed by atoms with Crippen molar-refractivity contribution in [2.45, 2.75) is 486 Å². The fourth-order valence-corrected chi connectivity index (χ4v) is 21.9. The van der Waals surface area contributed by atoms with Gasteiger partial charge in [0.25, 0.3) is 0 Å². The second kappa shape index (κ2) is 69.2. The maximum absolute atomic E-state index is 12.0. The summed E-state index contributed by atoms with van der Waals surface area (Å²) in [4.78, 5) is -0.0444. The van der Waals surface area contributed by atoms with E-state index in [0.29, 0.717) is 25.7 Å². The Morgan fingerprint density at radius 2 is 0.302 bits per heavy atom. The number of rotatable bonds is 68. The molecule has 0 aliphatic heterocycles. The molecule has 0 amide bonds. The van der Waals surface area contributed by atoms with Gasteiger partial charge in [0.2, 0.25) is 0 Å². The van der Waals surface area contributed by atoms with Gasteiger partial charge in [-0.1, -0.05) is 461 Å². The molecule has 0 saturated carbocycles. The van der Waals surface area contributed by atoms with Crippen LogP contribution in [-0.4, -0.2) is 79.2 Å². The third-order valence-electron chi connectivity index (χ3n) is 26.2. The van der Waals surface area contributed by atoms with Crippen LogP contribution < -0.4 is 0 Å². The van der Waals surface area contributed by atoms with Crippen molar-refractivity contribution in [3.8, 4) is 0 Å². The summed E-state index contributed by atoms with van der Waals surface area (Å²) in [7, 11) is -17.9. The Bertz CT molecular complexity index is 4220. The Morgan fingerprint density at radius 3 is 0.442 bits per heavy atom. The molecule has 0 unspecified atom stereocenters. The summed E-state index contributed by atoms with van der Waals surface area (Å²) >= 11 is 0. The van der Waals surface area contributed by atoms with Crippen molar-refractivity contribution in [3.63, 3.8) is 0 Å². The number of hydrogen-bond donors (Lipinski definition) is 0. The van der Waals surface area contributed by atoms with E-state index in [1.165, 1.54) is 329 Å². The molecule has 0 N–H and O–H groups in total. The summed E-state index contributed by atoms with van der Waals surface area (Å²) in [6, 6.07) is 38.2. The van der Waals surface area contributed by atoms with Crippen LogP contribution in [0.25, 0.3) is 43.1 Å². The second-order valence-corrected chi connectivity index (χ2v) is 42.4. The molecule has 12 nitrogen and oxygen atoms in total. The van der Waals surface area contributed by atoms with Crippen molar-refractivity contribution >= 4 is 111 Å². The summed E-state index contributed by atoms with van der Waals surface area (Å²) in [5, 5.41) is 8.27. The number of aryl methyl sites for hydroxylation is 8. The van der Waals surface area contributed by atoms with Gasteiger partial charge in [0, 0.05) is 27.3 Å². The van der Waals surface area contributed by atoms with Crippen molar-refractivity contribution in [1.82, 2.24) is 0 Å². The molecule has 724 valence electrons. The molecular formula is C112H172O12PbS4-4. The van der Waals surface area contributed by atoms with Gasteiger partial charge in [-0.2, -0.15) is 0 Å². The normalized spacial score (nSPS) is 11.9. The van der Waals surface area contributed by atoms with Crippen LogP contribution >= 0.6 is 0 Å². The molecule has 0 saturated heterocycles. The van der Waals surface area contributed by atoms with Gasteiger partial charge in [0.05, 0.1) is 19.6 Å². The Balaban J connectivity index is 0.000000359. The Hall–Kier alpha value is -4.64. The van der Waals surface area contributed by atoms with Crippen LogP contribution in [0.15, 0.2) is 141 Å². The van der Waals surface area contributed by atoms with Crippen LogP contribution in [0, 0.1) is 0 Å². The van der Waals surface area contributed by atoms with E-state index in [0.717, 1.165) is 168 Å². The van der Waals surface area contributed by atoms with Crippen molar-refractivity contribution in [2.24, 2.45) is 0 Å². The average molecular weight is 2050 g/mol. The van der Waals surface area contributed by atoms with Gasteiger partial charge < -0.3 is 18.2 Å². The van der Waals surface area contributed by atoms with E-state index >= 15 is 0 Å². The van der Waals surface area contributed by atoms with Crippen molar-refractivity contribution in [1.29, 1.82) is 0 Å². The molecule has 4 radical (unpaired) electrons. The molecule has 0 atom stereocenters. The molecular weight excluding hydrogens is 1870 g/mol. The molecule has 0 aliphatic carbocycles. The third-order valence-corrected chi connectivity index (χ3v) is 29.9. The molecule has 0 aliphatic rings. The monoisotopic (exact) mass is 2050 g/mol. The minimum Gasteiger partial charge on any atom is -0.744 e. The Kier molecular flexibility index (Phi) is 62.6. The van der Waals surface area contributed by atoms with E-state index in [1.807, 2.05) is 48.5 Å². The molecule has 8 aromatic carbocycles. The molecule has 8 rings (SSSR count). The number of benzene rings is 8. The fourth-order valence-electron chi connectivity index (χ4n) is 19.0. The average Bonchev–Trinajstić information content (AvgIpc) is 0.788. The van der Waals surface area contributed by atoms with Gasteiger partial charge in [-0.05, 0) is 215 Å². The fraction of sp³-hybridized carbons (Fsp3) is 0.643. The first-order chi connectivity index (χ1) is 61.9. The number of unbranched alkanes of at least 4 members (excludes halogenated alkanes) is 48. The largest absolute Gasteiger partial charge is 0.744 e. The van der Waals surface area contributed by atoms with Crippen molar-refractivity contribution < 1.29 is 51.9 Å². The minimum atomic E-state index is -4.48. The standard InChI is InChI=1S/4C28H44O3S.Pb/c4*1-3-5-7-9-11-13-15-18-24-19-17-20-25-22-23-27(32(29,30)31)26(28(24)25)21-16-14-12-10-8-6-4-2;/h4*17,19-20,22-23H,3-16,18,21H2,1-2H3,(H,29,30,31);/p-4. The third kappa shape index (κ3) is 45.7. The predicted octanol–water partition coefficient (Wildman–Crippen LogP) is 32.9.